The summed E-state index contributed by atoms with van der Waals surface area (Å²) in [5.74, 6) is 3.57. The molecule has 31 heavy (non-hydrogen) atoms. The van der Waals surface area contributed by atoms with Gasteiger partial charge >= 0.3 is 0 Å². The smallest absolute Gasteiger partial charge is 0.249 e. The zero-order valence-corrected chi connectivity index (χ0v) is 19.0. The van der Waals surface area contributed by atoms with Crippen LogP contribution in [0.1, 0.15) is 90.4 Å². The molecular weight excluding hydrogens is 388 g/mol. The molecule has 0 radical (unpaired) electrons. The van der Waals surface area contributed by atoms with Gasteiger partial charge in [0.05, 0.1) is 0 Å². The van der Waals surface area contributed by atoms with Crippen LogP contribution < -0.4 is 10.9 Å². The number of hydrogen-bond donors (Lipinski definition) is 2. The molecule has 8 aliphatic rings. The quantitative estimate of drug-likeness (QED) is 0.512. The first-order valence-corrected chi connectivity index (χ1v) is 12.9. The van der Waals surface area contributed by atoms with Gasteiger partial charge < -0.3 is 0 Å². The van der Waals surface area contributed by atoms with Gasteiger partial charge in [-0.05, 0) is 123 Å². The average Bonchev–Trinajstić information content (AvgIpc) is 2.63. The molecule has 170 valence electrons. The minimum atomic E-state index is -0.583. The Balaban J connectivity index is 1.27. The van der Waals surface area contributed by atoms with Crippen molar-refractivity contribution in [3.05, 3.63) is 0 Å². The number of nitrogens with one attached hydrogen (secondary N) is 2. The van der Waals surface area contributed by atoms with Gasteiger partial charge in [0.2, 0.25) is 11.8 Å². The second kappa shape index (κ2) is 7.05. The molecule has 1 unspecified atom stereocenters. The number of hydrazine groups is 1. The van der Waals surface area contributed by atoms with E-state index in [1.165, 1.54) is 64.7 Å². The Kier molecular flexibility index (Phi) is 4.60. The molecule has 0 aromatic heterocycles. The minimum Gasteiger partial charge on any atom is -0.299 e. The normalized spacial score (nSPS) is 47.3. The summed E-state index contributed by atoms with van der Waals surface area (Å²) in [6.07, 6.45) is 15.3. The highest BCUT2D eigenvalue weighted by Crippen LogP contribution is 2.65. The van der Waals surface area contributed by atoms with Gasteiger partial charge in [-0.1, -0.05) is 0 Å². The summed E-state index contributed by atoms with van der Waals surface area (Å²) in [6, 6.07) is 0. The van der Waals surface area contributed by atoms with E-state index in [4.69, 9.17) is 0 Å². The SMILES string of the molecule is CC(=O)NNC(=O)C(C(=O)CC12CC3CC(CC(C3)C1)C2)C12CC3CC(CC(C3)C1)C2. The zero-order chi connectivity index (χ0) is 21.4. The summed E-state index contributed by atoms with van der Waals surface area (Å²) in [5.41, 5.74) is 5.10. The van der Waals surface area contributed by atoms with Crippen molar-refractivity contribution in [3.8, 4) is 0 Å². The fourth-order valence-corrected chi connectivity index (χ4v) is 10.5. The van der Waals surface area contributed by atoms with E-state index < -0.39 is 5.92 Å². The second-order valence-corrected chi connectivity index (χ2v) is 12.9. The molecular formula is C26H38N2O3. The van der Waals surface area contributed by atoms with Gasteiger partial charge in [-0.25, -0.2) is 0 Å². The minimum absolute atomic E-state index is 0.153. The largest absolute Gasteiger partial charge is 0.299 e. The van der Waals surface area contributed by atoms with Crippen LogP contribution in [0.4, 0.5) is 0 Å². The lowest BCUT2D eigenvalue weighted by Gasteiger charge is -2.59. The topological polar surface area (TPSA) is 75.3 Å². The molecule has 5 nitrogen and oxygen atoms in total. The van der Waals surface area contributed by atoms with Gasteiger partial charge in [0.25, 0.3) is 0 Å². The molecule has 0 aromatic rings. The zero-order valence-electron chi connectivity index (χ0n) is 19.0. The standard InChI is InChI=1S/C26H38N2O3/c1-15(29)27-28-24(31)23(26-11-19-5-20(12-26)7-21(6-19)13-26)22(30)14-25-8-16-2-17(9-25)4-18(3-16)10-25/h16-21,23H,2-14H2,1H3,(H,27,29)(H,28,31). The van der Waals surface area contributed by atoms with Crippen LogP contribution in [0.15, 0.2) is 0 Å². The van der Waals surface area contributed by atoms with Gasteiger partial charge in [0, 0.05) is 13.3 Å². The molecule has 0 spiro atoms. The van der Waals surface area contributed by atoms with Crippen LogP contribution in [0.25, 0.3) is 0 Å². The molecule has 8 bridgehead atoms. The predicted molar refractivity (Wildman–Crippen MR) is 116 cm³/mol. The molecule has 0 saturated heterocycles. The third-order valence-corrected chi connectivity index (χ3v) is 10.4. The van der Waals surface area contributed by atoms with E-state index in [2.05, 4.69) is 10.9 Å². The van der Waals surface area contributed by atoms with Crippen molar-refractivity contribution in [3.63, 3.8) is 0 Å². The summed E-state index contributed by atoms with van der Waals surface area (Å²) in [7, 11) is 0. The fraction of sp³-hybridized carbons (Fsp3) is 0.885. The first kappa shape index (κ1) is 20.2. The first-order chi connectivity index (χ1) is 14.8. The Bertz CT molecular complexity index is 732. The van der Waals surface area contributed by atoms with Crippen molar-refractivity contribution in [1.29, 1.82) is 0 Å². The molecule has 8 aliphatic carbocycles. The van der Waals surface area contributed by atoms with E-state index in [0.717, 1.165) is 37.0 Å². The van der Waals surface area contributed by atoms with E-state index in [9.17, 15) is 14.4 Å². The van der Waals surface area contributed by atoms with E-state index in [-0.39, 0.29) is 28.4 Å². The second-order valence-electron chi connectivity index (χ2n) is 12.9. The monoisotopic (exact) mass is 426 g/mol. The van der Waals surface area contributed by atoms with Crippen molar-refractivity contribution in [2.24, 2.45) is 52.3 Å². The third kappa shape index (κ3) is 3.45. The maximum atomic E-state index is 14.1. The lowest BCUT2D eigenvalue weighted by molar-refractivity contribution is -0.157. The molecule has 8 fully saturated rings. The van der Waals surface area contributed by atoms with Crippen LogP contribution in [0.3, 0.4) is 0 Å². The van der Waals surface area contributed by atoms with E-state index >= 15 is 0 Å². The summed E-state index contributed by atoms with van der Waals surface area (Å²) in [4.78, 5) is 39.0. The summed E-state index contributed by atoms with van der Waals surface area (Å²) < 4.78 is 0. The van der Waals surface area contributed by atoms with Crippen molar-refractivity contribution in [2.45, 2.75) is 90.4 Å². The van der Waals surface area contributed by atoms with E-state index in [1.54, 1.807) is 0 Å². The van der Waals surface area contributed by atoms with Crippen LogP contribution >= 0.6 is 0 Å². The summed E-state index contributed by atoms with van der Waals surface area (Å²) >= 11 is 0. The van der Waals surface area contributed by atoms with Crippen molar-refractivity contribution in [1.82, 2.24) is 10.9 Å². The summed E-state index contributed by atoms with van der Waals surface area (Å²) in [5, 5.41) is 0. The lowest BCUT2D eigenvalue weighted by atomic mass is 9.44. The van der Waals surface area contributed by atoms with Gasteiger partial charge in [-0.2, -0.15) is 0 Å². The molecule has 0 heterocycles. The van der Waals surface area contributed by atoms with Gasteiger partial charge in [0.1, 0.15) is 11.7 Å². The maximum absolute atomic E-state index is 14.1. The van der Waals surface area contributed by atoms with E-state index in [1.807, 2.05) is 0 Å². The Morgan fingerprint density at radius 1 is 0.710 bits per heavy atom. The number of ketones is 1. The fourth-order valence-electron chi connectivity index (χ4n) is 10.5. The Hall–Kier alpha value is -1.39. The van der Waals surface area contributed by atoms with Crippen molar-refractivity contribution >= 4 is 17.6 Å². The third-order valence-electron chi connectivity index (χ3n) is 10.4. The predicted octanol–water partition coefficient (Wildman–Crippen LogP) is 4.16. The number of hydrogen-bond acceptors (Lipinski definition) is 3. The number of Topliss-reactive ketones (excluding diaryl/α,β-unsaturated/α-hetero) is 1. The van der Waals surface area contributed by atoms with Gasteiger partial charge in [0.15, 0.2) is 0 Å². The molecule has 8 saturated carbocycles. The number of rotatable bonds is 5. The highest BCUT2D eigenvalue weighted by Gasteiger charge is 2.59. The van der Waals surface area contributed by atoms with Crippen LogP contribution in [0.2, 0.25) is 0 Å². The molecule has 2 N–H and O–H groups in total. The Labute approximate surface area is 185 Å². The molecule has 8 rings (SSSR count). The maximum Gasteiger partial charge on any atom is 0.249 e. The molecule has 0 aliphatic heterocycles. The molecule has 2 amide bonds. The molecule has 0 aromatic carbocycles. The Morgan fingerprint density at radius 3 is 1.55 bits per heavy atom. The highest BCUT2D eigenvalue weighted by atomic mass is 16.2. The van der Waals surface area contributed by atoms with Gasteiger partial charge in [-0.15, -0.1) is 0 Å². The highest BCUT2D eigenvalue weighted by molar-refractivity contribution is 6.03. The average molecular weight is 427 g/mol. The van der Waals surface area contributed by atoms with Crippen LogP contribution in [0.5, 0.6) is 0 Å². The number of amides is 2. The van der Waals surface area contributed by atoms with Gasteiger partial charge in [-0.3, -0.25) is 25.2 Å². The van der Waals surface area contributed by atoms with Crippen LogP contribution in [0, 0.1) is 52.3 Å². The van der Waals surface area contributed by atoms with Crippen LogP contribution in [-0.2, 0) is 14.4 Å². The Morgan fingerprint density at radius 2 is 1.13 bits per heavy atom. The number of carbonyl (C=O) groups excluding carboxylic acids is 3. The van der Waals surface area contributed by atoms with Crippen molar-refractivity contribution < 1.29 is 14.4 Å². The molecule has 5 heteroatoms. The first-order valence-electron chi connectivity index (χ1n) is 12.9. The number of carbonyl (C=O) groups is 3. The van der Waals surface area contributed by atoms with Crippen molar-refractivity contribution in [2.75, 3.05) is 0 Å². The van der Waals surface area contributed by atoms with Crippen LogP contribution in [-0.4, -0.2) is 17.6 Å². The lowest BCUT2D eigenvalue weighted by Crippen LogP contribution is -2.58. The molecule has 1 atom stereocenters. The van der Waals surface area contributed by atoms with E-state index in [0.29, 0.717) is 24.2 Å². The summed E-state index contributed by atoms with van der Waals surface area (Å²) in [6.45, 7) is 1.40.